The van der Waals surface area contributed by atoms with E-state index in [9.17, 15) is 4.39 Å². The van der Waals surface area contributed by atoms with Crippen molar-refractivity contribution in [2.75, 3.05) is 6.61 Å². The van der Waals surface area contributed by atoms with E-state index in [1.807, 2.05) is 6.07 Å². The van der Waals surface area contributed by atoms with Crippen LogP contribution in [0, 0.1) is 0 Å². The Kier molecular flexibility index (Phi) is 7.25. The summed E-state index contributed by atoms with van der Waals surface area (Å²) >= 11 is 0. The summed E-state index contributed by atoms with van der Waals surface area (Å²) < 4.78 is 18.4. The van der Waals surface area contributed by atoms with Gasteiger partial charge in [0.15, 0.2) is 0 Å². The van der Waals surface area contributed by atoms with Crippen LogP contribution in [0.15, 0.2) is 73.3 Å². The molecule has 0 saturated carbocycles. The van der Waals surface area contributed by atoms with Gasteiger partial charge in [0, 0.05) is 0 Å². The highest BCUT2D eigenvalue weighted by Gasteiger charge is 2.03. The molecule has 0 fully saturated rings. The van der Waals surface area contributed by atoms with E-state index in [-0.39, 0.29) is 0 Å². The second kappa shape index (κ2) is 10.1. The molecule has 28 heavy (non-hydrogen) atoms. The Labute approximate surface area is 167 Å². The number of rotatable bonds is 10. The van der Waals surface area contributed by atoms with Gasteiger partial charge in [-0.2, -0.15) is 0 Å². The van der Waals surface area contributed by atoms with Crippen LogP contribution < -0.4 is 4.74 Å². The summed E-state index contributed by atoms with van der Waals surface area (Å²) in [5, 5.41) is 2.37. The second-order valence-electron chi connectivity index (χ2n) is 7.40. The Balaban J connectivity index is 1.62. The van der Waals surface area contributed by atoms with Crippen LogP contribution in [0.1, 0.15) is 38.2 Å². The van der Waals surface area contributed by atoms with Crippen LogP contribution in [0.3, 0.4) is 0 Å². The van der Waals surface area contributed by atoms with E-state index in [0.717, 1.165) is 31.4 Å². The molecule has 0 aliphatic carbocycles. The molecule has 146 valence electrons. The molecule has 3 aromatic rings. The van der Waals surface area contributed by atoms with Gasteiger partial charge in [0.1, 0.15) is 12.4 Å². The van der Waals surface area contributed by atoms with Gasteiger partial charge < -0.3 is 4.74 Å². The molecule has 0 saturated heterocycles. The van der Waals surface area contributed by atoms with Crippen LogP contribution in [0.2, 0.25) is 0 Å². The molecule has 0 amide bonds. The van der Waals surface area contributed by atoms with E-state index >= 15 is 0 Å². The van der Waals surface area contributed by atoms with Crippen LogP contribution in [-0.2, 0) is 6.42 Å². The highest BCUT2D eigenvalue weighted by atomic mass is 19.1. The van der Waals surface area contributed by atoms with Gasteiger partial charge in [-0.3, -0.25) is 0 Å². The fraction of sp³-hybridized carbons (Fsp3) is 0.308. The molecule has 0 aliphatic heterocycles. The first-order chi connectivity index (χ1) is 13.7. The van der Waals surface area contributed by atoms with Crippen LogP contribution in [0.4, 0.5) is 4.39 Å². The summed E-state index contributed by atoms with van der Waals surface area (Å²) in [5.41, 5.74) is 3.79. The number of fused-ring (bicyclic) bond motifs is 1. The van der Waals surface area contributed by atoms with Crippen molar-refractivity contribution in [3.8, 4) is 16.9 Å². The van der Waals surface area contributed by atoms with Gasteiger partial charge >= 0.3 is 0 Å². The maximum Gasteiger partial charge on any atom is 0.120 e. The zero-order valence-corrected chi connectivity index (χ0v) is 16.7. The Morgan fingerprint density at radius 1 is 0.893 bits per heavy atom. The van der Waals surface area contributed by atoms with Crippen LogP contribution in [0.25, 0.3) is 21.9 Å². The molecule has 1 atom stereocenters. The molecule has 1 unspecified atom stereocenters. The third kappa shape index (κ3) is 5.69. The molecule has 0 spiro atoms. The number of hydrogen-bond donors (Lipinski definition) is 0. The summed E-state index contributed by atoms with van der Waals surface area (Å²) in [5.74, 6) is 0.866. The van der Waals surface area contributed by atoms with E-state index in [4.69, 9.17) is 4.74 Å². The van der Waals surface area contributed by atoms with Crippen molar-refractivity contribution >= 4 is 10.8 Å². The van der Waals surface area contributed by atoms with Gasteiger partial charge in [0.2, 0.25) is 0 Å². The molecule has 0 radical (unpaired) electrons. The normalized spacial score (nSPS) is 12.1. The van der Waals surface area contributed by atoms with E-state index in [1.54, 1.807) is 13.0 Å². The third-order valence-corrected chi connectivity index (χ3v) is 5.03. The van der Waals surface area contributed by atoms with E-state index in [0.29, 0.717) is 13.0 Å². The average molecular weight is 377 g/mol. The minimum Gasteiger partial charge on any atom is -0.490 e. The fourth-order valence-electron chi connectivity index (χ4n) is 3.44. The summed E-state index contributed by atoms with van der Waals surface area (Å²) in [6, 6.07) is 21.5. The second-order valence-corrected chi connectivity index (χ2v) is 7.40. The van der Waals surface area contributed by atoms with E-state index in [1.165, 1.54) is 27.5 Å². The van der Waals surface area contributed by atoms with Gasteiger partial charge in [-0.25, -0.2) is 4.39 Å². The highest BCUT2D eigenvalue weighted by molar-refractivity contribution is 5.88. The number of ether oxygens (including phenoxy) is 1. The lowest BCUT2D eigenvalue weighted by atomic mass is 9.98. The molecule has 3 rings (SSSR count). The number of unbranched alkanes of at least 4 members (excludes halogenated alkanes) is 2. The molecule has 1 nitrogen and oxygen atoms in total. The number of hydrogen-bond acceptors (Lipinski definition) is 1. The first kappa shape index (κ1) is 20.1. The van der Waals surface area contributed by atoms with Crippen LogP contribution in [-0.4, -0.2) is 12.8 Å². The standard InChI is InChI=1S/C26H29FO/c1-3-17-28-26-16-15-24-18-23(13-14-25(24)19-26)22-11-9-21(10-12-22)8-6-4-5-7-20(2)27/h3,9-16,18-20H,1,4-8,17H2,2H3. The van der Waals surface area contributed by atoms with Gasteiger partial charge in [-0.15, -0.1) is 0 Å². The smallest absolute Gasteiger partial charge is 0.120 e. The molecule has 0 N–H and O–H groups in total. The zero-order chi connectivity index (χ0) is 19.8. The number of aryl methyl sites for hydroxylation is 1. The molecular weight excluding hydrogens is 347 g/mol. The third-order valence-electron chi connectivity index (χ3n) is 5.03. The highest BCUT2D eigenvalue weighted by Crippen LogP contribution is 2.27. The first-order valence-corrected chi connectivity index (χ1v) is 10.2. The lowest BCUT2D eigenvalue weighted by Crippen LogP contribution is -1.93. The lowest BCUT2D eigenvalue weighted by Gasteiger charge is -2.08. The molecule has 0 aromatic heterocycles. The lowest BCUT2D eigenvalue weighted by molar-refractivity contribution is 0.330. The van der Waals surface area contributed by atoms with Crippen LogP contribution >= 0.6 is 0 Å². The number of benzene rings is 3. The van der Waals surface area contributed by atoms with Crippen molar-refractivity contribution in [1.29, 1.82) is 0 Å². The number of alkyl halides is 1. The molecule has 3 aromatic carbocycles. The maximum atomic E-state index is 12.8. The van der Waals surface area contributed by atoms with Crippen molar-refractivity contribution < 1.29 is 9.13 Å². The molecular formula is C26H29FO. The molecule has 0 bridgehead atoms. The molecule has 0 heterocycles. The maximum absolute atomic E-state index is 12.8. The summed E-state index contributed by atoms with van der Waals surface area (Å²) in [6.07, 6.45) is 6.02. The van der Waals surface area contributed by atoms with Crippen molar-refractivity contribution in [3.63, 3.8) is 0 Å². The van der Waals surface area contributed by atoms with E-state index in [2.05, 4.69) is 61.2 Å². The van der Waals surface area contributed by atoms with E-state index < -0.39 is 6.17 Å². The largest absolute Gasteiger partial charge is 0.490 e. The Bertz CT molecular complexity index is 896. The summed E-state index contributed by atoms with van der Waals surface area (Å²) in [6.45, 7) is 5.84. The predicted molar refractivity (Wildman–Crippen MR) is 118 cm³/mol. The van der Waals surface area contributed by atoms with Gasteiger partial charge in [-0.1, -0.05) is 68.0 Å². The minimum absolute atomic E-state index is 0.519. The van der Waals surface area contributed by atoms with Gasteiger partial charge in [0.05, 0.1) is 6.17 Å². The van der Waals surface area contributed by atoms with Crippen molar-refractivity contribution in [2.24, 2.45) is 0 Å². The predicted octanol–water partition coefficient (Wildman–Crippen LogP) is 7.53. The quantitative estimate of drug-likeness (QED) is 0.262. The minimum atomic E-state index is -0.674. The monoisotopic (exact) mass is 376 g/mol. The Morgan fingerprint density at radius 3 is 2.36 bits per heavy atom. The van der Waals surface area contributed by atoms with Crippen molar-refractivity contribution in [3.05, 3.63) is 78.9 Å². The zero-order valence-electron chi connectivity index (χ0n) is 16.7. The summed E-state index contributed by atoms with van der Waals surface area (Å²) in [7, 11) is 0. The number of halogens is 1. The van der Waals surface area contributed by atoms with Crippen molar-refractivity contribution in [2.45, 2.75) is 45.2 Å². The fourth-order valence-corrected chi connectivity index (χ4v) is 3.44. The Morgan fingerprint density at radius 2 is 1.61 bits per heavy atom. The average Bonchev–Trinajstić information content (AvgIpc) is 2.71. The van der Waals surface area contributed by atoms with Gasteiger partial charge in [0.25, 0.3) is 0 Å². The Hall–Kier alpha value is -2.61. The SMILES string of the molecule is C=CCOc1ccc2cc(-c3ccc(CCCCCC(C)F)cc3)ccc2c1. The molecule has 2 heteroatoms. The van der Waals surface area contributed by atoms with Crippen molar-refractivity contribution in [1.82, 2.24) is 0 Å². The van der Waals surface area contributed by atoms with Crippen LogP contribution in [0.5, 0.6) is 5.75 Å². The first-order valence-electron chi connectivity index (χ1n) is 10.2. The topological polar surface area (TPSA) is 9.23 Å². The summed E-state index contributed by atoms with van der Waals surface area (Å²) in [4.78, 5) is 0. The van der Waals surface area contributed by atoms with Gasteiger partial charge in [-0.05, 0) is 71.8 Å². The molecule has 0 aliphatic rings.